The molecule has 2 heterocycles. The number of carbonyl (C=O) groups is 2. The molecule has 168 valence electrons. The first-order valence-electron chi connectivity index (χ1n) is 11.0. The van der Waals surface area contributed by atoms with Crippen molar-refractivity contribution in [3.05, 3.63) is 89.5 Å². The lowest BCUT2D eigenvalue weighted by atomic mass is 10.1. The van der Waals surface area contributed by atoms with E-state index in [1.807, 2.05) is 30.3 Å². The minimum atomic E-state index is -1.55. The van der Waals surface area contributed by atoms with Crippen molar-refractivity contribution in [2.75, 3.05) is 18.1 Å². The van der Waals surface area contributed by atoms with Crippen LogP contribution >= 0.6 is 0 Å². The Kier molecular flexibility index (Phi) is 6.07. The summed E-state index contributed by atoms with van der Waals surface area (Å²) < 4.78 is 19.1. The van der Waals surface area contributed by atoms with E-state index in [9.17, 15) is 13.8 Å². The van der Waals surface area contributed by atoms with Crippen LogP contribution in [0.1, 0.15) is 39.1 Å². The van der Waals surface area contributed by atoms with E-state index < -0.39 is 10.8 Å². The fourth-order valence-corrected chi connectivity index (χ4v) is 5.59. The fourth-order valence-electron chi connectivity index (χ4n) is 4.24. The van der Waals surface area contributed by atoms with Gasteiger partial charge in [-0.2, -0.15) is 0 Å². The molecule has 0 spiro atoms. The van der Waals surface area contributed by atoms with Crippen molar-refractivity contribution >= 4 is 28.3 Å². The van der Waals surface area contributed by atoms with Crippen molar-refractivity contribution in [1.29, 1.82) is 0 Å². The van der Waals surface area contributed by atoms with Gasteiger partial charge in [-0.25, -0.2) is 4.21 Å². The van der Waals surface area contributed by atoms with Gasteiger partial charge in [0.2, 0.25) is 0 Å². The number of anilines is 1. The van der Waals surface area contributed by atoms with Gasteiger partial charge in [0.25, 0.3) is 11.8 Å². The second-order valence-electron chi connectivity index (χ2n) is 8.17. The zero-order valence-electron chi connectivity index (χ0n) is 18.0. The van der Waals surface area contributed by atoms with Crippen molar-refractivity contribution in [1.82, 2.24) is 5.32 Å². The number of hydrogen-bond donors (Lipinski definition) is 1. The molecule has 2 atom stereocenters. The first-order chi connectivity index (χ1) is 16.1. The van der Waals surface area contributed by atoms with Crippen molar-refractivity contribution in [3.8, 4) is 0 Å². The molecule has 6 nitrogen and oxygen atoms in total. The molecular weight excluding hydrogens is 436 g/mol. The molecule has 3 aromatic rings. The van der Waals surface area contributed by atoms with Crippen LogP contribution in [0.3, 0.4) is 0 Å². The topological polar surface area (TPSA) is 75.7 Å². The zero-order chi connectivity index (χ0) is 22.8. The predicted molar refractivity (Wildman–Crippen MR) is 126 cm³/mol. The average molecular weight is 461 g/mol. The Morgan fingerprint density at radius 3 is 2.61 bits per heavy atom. The van der Waals surface area contributed by atoms with Crippen molar-refractivity contribution in [2.24, 2.45) is 0 Å². The number of nitrogens with one attached hydrogen (secondary N) is 1. The highest BCUT2D eigenvalue weighted by Crippen LogP contribution is 2.36. The second-order valence-corrected chi connectivity index (χ2v) is 9.59. The number of benzene rings is 3. The van der Waals surface area contributed by atoms with Gasteiger partial charge >= 0.3 is 0 Å². The Morgan fingerprint density at radius 2 is 1.82 bits per heavy atom. The molecule has 2 amide bonds. The van der Waals surface area contributed by atoms with Gasteiger partial charge in [-0.05, 0) is 48.7 Å². The van der Waals surface area contributed by atoms with E-state index in [2.05, 4.69) is 5.32 Å². The molecule has 0 aliphatic carbocycles. The van der Waals surface area contributed by atoms with Gasteiger partial charge in [-0.15, -0.1) is 0 Å². The van der Waals surface area contributed by atoms with Gasteiger partial charge in [-0.1, -0.05) is 42.5 Å². The molecule has 0 aromatic heterocycles. The average Bonchev–Trinajstić information content (AvgIpc) is 3.36. The van der Waals surface area contributed by atoms with E-state index >= 15 is 0 Å². The molecule has 0 bridgehead atoms. The molecular formula is C26H24N2O4S. The molecule has 1 N–H and O–H groups in total. The van der Waals surface area contributed by atoms with Crippen LogP contribution in [0, 0.1) is 0 Å². The molecule has 0 saturated carbocycles. The Balaban J connectivity index is 1.53. The summed E-state index contributed by atoms with van der Waals surface area (Å²) in [5.74, 6) is -0.480. The molecule has 1 fully saturated rings. The number of rotatable bonds is 5. The molecule has 2 aliphatic heterocycles. The Labute approximate surface area is 195 Å². The van der Waals surface area contributed by atoms with Crippen molar-refractivity contribution < 1.29 is 18.5 Å². The maximum Gasteiger partial charge on any atom is 0.259 e. The first kappa shape index (κ1) is 21.6. The fraction of sp³-hybridized carbons (Fsp3) is 0.231. The highest BCUT2D eigenvalue weighted by Gasteiger charge is 2.31. The predicted octanol–water partition coefficient (Wildman–Crippen LogP) is 3.92. The van der Waals surface area contributed by atoms with E-state index in [0.29, 0.717) is 39.7 Å². The zero-order valence-corrected chi connectivity index (χ0v) is 18.8. The van der Waals surface area contributed by atoms with Crippen LogP contribution in [-0.2, 0) is 22.1 Å². The third-order valence-corrected chi connectivity index (χ3v) is 7.47. The molecule has 0 radical (unpaired) electrons. The highest BCUT2D eigenvalue weighted by molar-refractivity contribution is 7.85. The number of fused-ring (bicyclic) bond motifs is 2. The summed E-state index contributed by atoms with van der Waals surface area (Å²) in [5, 5.41) is 2.92. The van der Waals surface area contributed by atoms with Gasteiger partial charge in [0.15, 0.2) is 0 Å². The number of ether oxygens (including phenoxy) is 1. The van der Waals surface area contributed by atoms with Crippen LogP contribution in [0.2, 0.25) is 0 Å². The van der Waals surface area contributed by atoms with Gasteiger partial charge < -0.3 is 15.0 Å². The number of hydrogen-bond acceptors (Lipinski definition) is 4. The SMILES string of the molecule is O=C(NCC1CCCO1)c1ccc2c(c1)N(Cc1ccccc1)C(=O)c1ccccc1S2=O. The standard InChI is InChI=1S/C26H24N2O4S/c29-25(27-16-20-9-6-14-32-20)19-12-13-24-22(15-19)28(17-18-7-2-1-3-8-18)26(30)21-10-4-5-11-23(21)33(24)31/h1-5,7-8,10-13,15,20H,6,9,14,16-17H2,(H,27,29). The van der Waals surface area contributed by atoms with Gasteiger partial charge in [0.05, 0.1) is 44.5 Å². The maximum atomic E-state index is 13.6. The smallest absolute Gasteiger partial charge is 0.259 e. The third-order valence-electron chi connectivity index (χ3n) is 5.97. The van der Waals surface area contributed by atoms with Crippen molar-refractivity contribution in [3.63, 3.8) is 0 Å². The van der Waals surface area contributed by atoms with E-state index in [-0.39, 0.29) is 17.9 Å². The third kappa shape index (κ3) is 4.34. The Hall–Kier alpha value is -3.29. The summed E-state index contributed by atoms with van der Waals surface area (Å²) in [6.07, 6.45) is 1.97. The minimum absolute atomic E-state index is 0.0351. The van der Waals surface area contributed by atoms with E-state index in [0.717, 1.165) is 25.0 Å². The molecule has 5 rings (SSSR count). The highest BCUT2D eigenvalue weighted by atomic mass is 32.2. The van der Waals surface area contributed by atoms with Crippen molar-refractivity contribution in [2.45, 2.75) is 35.3 Å². The molecule has 33 heavy (non-hydrogen) atoms. The molecule has 2 aliphatic rings. The number of nitrogens with zero attached hydrogens (tertiary/aromatic N) is 1. The Bertz CT molecular complexity index is 1220. The number of amides is 2. The van der Waals surface area contributed by atoms with Crippen LogP contribution in [0.4, 0.5) is 5.69 Å². The number of carbonyl (C=O) groups excluding carboxylic acids is 2. The molecule has 7 heteroatoms. The first-order valence-corrected chi connectivity index (χ1v) is 12.2. The molecule has 3 aromatic carbocycles. The summed E-state index contributed by atoms with van der Waals surface area (Å²) in [7, 11) is -1.55. The summed E-state index contributed by atoms with van der Waals surface area (Å²) >= 11 is 0. The molecule has 2 unspecified atom stereocenters. The minimum Gasteiger partial charge on any atom is -0.376 e. The van der Waals surface area contributed by atoms with Crippen LogP contribution < -0.4 is 10.2 Å². The normalized spacial score (nSPS) is 19.5. The summed E-state index contributed by atoms with van der Waals surface area (Å²) in [6, 6.07) is 21.7. The largest absolute Gasteiger partial charge is 0.376 e. The summed E-state index contributed by atoms with van der Waals surface area (Å²) in [5.41, 5.74) is 2.26. The lowest BCUT2D eigenvalue weighted by Gasteiger charge is -2.23. The monoisotopic (exact) mass is 460 g/mol. The van der Waals surface area contributed by atoms with Crippen LogP contribution in [-0.4, -0.2) is 35.3 Å². The second kappa shape index (κ2) is 9.29. The van der Waals surface area contributed by atoms with Gasteiger partial charge in [0.1, 0.15) is 0 Å². The maximum absolute atomic E-state index is 13.6. The van der Waals surface area contributed by atoms with Gasteiger partial charge in [-0.3, -0.25) is 9.59 Å². The van der Waals surface area contributed by atoms with Crippen LogP contribution in [0.5, 0.6) is 0 Å². The van der Waals surface area contributed by atoms with Crippen LogP contribution in [0.15, 0.2) is 82.6 Å². The van der Waals surface area contributed by atoms with Gasteiger partial charge in [0, 0.05) is 18.7 Å². The molecule has 1 saturated heterocycles. The quantitative estimate of drug-likeness (QED) is 0.626. The summed E-state index contributed by atoms with van der Waals surface area (Å²) in [4.78, 5) is 29.1. The van der Waals surface area contributed by atoms with Crippen LogP contribution in [0.25, 0.3) is 0 Å². The van der Waals surface area contributed by atoms with E-state index in [4.69, 9.17) is 4.74 Å². The van der Waals surface area contributed by atoms with E-state index in [1.54, 1.807) is 47.4 Å². The summed E-state index contributed by atoms with van der Waals surface area (Å²) in [6.45, 7) is 1.47. The van der Waals surface area contributed by atoms with E-state index in [1.165, 1.54) is 0 Å². The Morgan fingerprint density at radius 1 is 1.03 bits per heavy atom. The lowest BCUT2D eigenvalue weighted by Crippen LogP contribution is -2.33. The lowest BCUT2D eigenvalue weighted by molar-refractivity contribution is 0.0857.